The number of rotatable bonds is 6. The molecule has 0 saturated carbocycles. The molecule has 1 aliphatic rings. The van der Waals surface area contributed by atoms with Crippen molar-refractivity contribution in [1.29, 1.82) is 0 Å². The van der Waals surface area contributed by atoms with Gasteiger partial charge in [0.25, 0.3) is 0 Å². The summed E-state index contributed by atoms with van der Waals surface area (Å²) in [4.78, 5) is 0. The predicted octanol–water partition coefficient (Wildman–Crippen LogP) is 2.72. The number of sulfonamides is 1. The van der Waals surface area contributed by atoms with Gasteiger partial charge in [-0.2, -0.15) is 4.31 Å². The topological polar surface area (TPSA) is 46.6 Å². The van der Waals surface area contributed by atoms with Gasteiger partial charge in [0.2, 0.25) is 10.0 Å². The molecular formula is C19H23NO3S. The van der Waals surface area contributed by atoms with Crippen LogP contribution in [0.3, 0.4) is 0 Å². The van der Waals surface area contributed by atoms with Gasteiger partial charge in [0.05, 0.1) is 12.4 Å². The lowest BCUT2D eigenvalue weighted by Gasteiger charge is -2.49. The first-order valence-electron chi connectivity index (χ1n) is 8.04. The lowest BCUT2D eigenvalue weighted by Crippen LogP contribution is -2.63. The monoisotopic (exact) mass is 345 g/mol. The fraction of sp³-hybridized carbons (Fsp3) is 0.368. The van der Waals surface area contributed by atoms with Gasteiger partial charge < -0.3 is 4.74 Å². The van der Waals surface area contributed by atoms with Crippen LogP contribution in [0.1, 0.15) is 16.7 Å². The first-order chi connectivity index (χ1) is 11.5. The maximum absolute atomic E-state index is 12.7. The molecule has 1 fully saturated rings. The van der Waals surface area contributed by atoms with Gasteiger partial charge in [-0.1, -0.05) is 54.6 Å². The summed E-state index contributed by atoms with van der Waals surface area (Å²) >= 11 is 0. The zero-order valence-corrected chi connectivity index (χ0v) is 14.9. The van der Waals surface area contributed by atoms with Gasteiger partial charge in [-0.3, -0.25) is 0 Å². The van der Waals surface area contributed by atoms with Crippen molar-refractivity contribution < 1.29 is 13.2 Å². The zero-order valence-electron chi connectivity index (χ0n) is 14.1. The number of benzene rings is 2. The van der Waals surface area contributed by atoms with Crippen LogP contribution >= 0.6 is 0 Å². The van der Waals surface area contributed by atoms with Crippen LogP contribution in [0.5, 0.6) is 0 Å². The van der Waals surface area contributed by atoms with Crippen LogP contribution in [0.4, 0.5) is 0 Å². The first kappa shape index (κ1) is 17.1. The average molecular weight is 345 g/mol. The molecule has 0 radical (unpaired) electrons. The second-order valence-corrected chi connectivity index (χ2v) is 8.50. The second kappa shape index (κ2) is 6.67. The molecular weight excluding hydrogens is 322 g/mol. The zero-order chi connectivity index (χ0) is 17.2. The molecule has 1 heterocycles. The number of nitrogens with zero attached hydrogens (tertiary/aromatic N) is 1. The summed E-state index contributed by atoms with van der Waals surface area (Å²) in [7, 11) is -1.66. The van der Waals surface area contributed by atoms with Crippen LogP contribution in [0.15, 0.2) is 54.6 Å². The Hall–Kier alpha value is -1.69. The predicted molar refractivity (Wildman–Crippen MR) is 95.4 cm³/mol. The number of ether oxygens (including phenoxy) is 1. The number of hydrogen-bond donors (Lipinski definition) is 0. The Morgan fingerprint density at radius 1 is 1.04 bits per heavy atom. The number of hydrogen-bond acceptors (Lipinski definition) is 3. The molecule has 1 aliphatic heterocycles. The molecule has 0 atom stereocenters. The highest BCUT2D eigenvalue weighted by atomic mass is 32.2. The highest BCUT2D eigenvalue weighted by molar-refractivity contribution is 7.88. The summed E-state index contributed by atoms with van der Waals surface area (Å²) in [5.74, 6) is 0.0531. The van der Waals surface area contributed by atoms with Gasteiger partial charge in [0.1, 0.15) is 0 Å². The normalized spacial score (nSPS) is 17.4. The van der Waals surface area contributed by atoms with Crippen molar-refractivity contribution in [2.75, 3.05) is 26.8 Å². The Morgan fingerprint density at radius 2 is 1.67 bits per heavy atom. The quantitative estimate of drug-likeness (QED) is 0.809. The maximum atomic E-state index is 12.7. The van der Waals surface area contributed by atoms with Gasteiger partial charge in [-0.05, 0) is 23.6 Å². The second-order valence-electron chi connectivity index (χ2n) is 6.53. The molecule has 4 nitrogen and oxygen atoms in total. The Balaban J connectivity index is 1.77. The molecule has 0 spiro atoms. The van der Waals surface area contributed by atoms with E-state index in [1.54, 1.807) is 11.4 Å². The van der Waals surface area contributed by atoms with E-state index in [0.717, 1.165) is 16.7 Å². The van der Waals surface area contributed by atoms with E-state index in [4.69, 9.17) is 4.74 Å². The largest absolute Gasteiger partial charge is 0.384 e. The van der Waals surface area contributed by atoms with Crippen LogP contribution in [0.25, 0.3) is 0 Å². The number of aryl methyl sites for hydroxylation is 1. The number of methoxy groups -OCH3 is 1. The van der Waals surface area contributed by atoms with Gasteiger partial charge in [-0.15, -0.1) is 0 Å². The van der Waals surface area contributed by atoms with Crippen molar-refractivity contribution in [3.63, 3.8) is 0 Å². The van der Waals surface area contributed by atoms with E-state index in [1.807, 2.05) is 61.5 Å². The third-order valence-electron chi connectivity index (χ3n) is 4.76. The molecule has 5 heteroatoms. The van der Waals surface area contributed by atoms with Crippen molar-refractivity contribution in [2.24, 2.45) is 0 Å². The van der Waals surface area contributed by atoms with Gasteiger partial charge >= 0.3 is 0 Å². The summed E-state index contributed by atoms with van der Waals surface area (Å²) in [6.45, 7) is 3.41. The minimum absolute atomic E-state index is 0.0531. The van der Waals surface area contributed by atoms with Crippen LogP contribution in [-0.2, 0) is 25.9 Å². The minimum atomic E-state index is -3.32. The van der Waals surface area contributed by atoms with Crippen molar-refractivity contribution >= 4 is 10.0 Å². The van der Waals surface area contributed by atoms with E-state index in [2.05, 4.69) is 0 Å². The van der Waals surface area contributed by atoms with Crippen LogP contribution in [-0.4, -0.2) is 39.5 Å². The lowest BCUT2D eigenvalue weighted by atomic mass is 9.76. The summed E-state index contributed by atoms with van der Waals surface area (Å²) in [6.07, 6.45) is 0. The minimum Gasteiger partial charge on any atom is -0.384 e. The Kier molecular flexibility index (Phi) is 4.76. The third kappa shape index (κ3) is 3.24. The molecule has 3 rings (SSSR count). The van der Waals surface area contributed by atoms with E-state index < -0.39 is 10.0 Å². The van der Waals surface area contributed by atoms with Crippen molar-refractivity contribution in [3.05, 3.63) is 71.3 Å². The molecule has 2 aromatic carbocycles. The molecule has 1 saturated heterocycles. The smallest absolute Gasteiger partial charge is 0.218 e. The van der Waals surface area contributed by atoms with E-state index in [9.17, 15) is 8.42 Å². The Labute approximate surface area is 144 Å². The molecule has 0 aliphatic carbocycles. The van der Waals surface area contributed by atoms with Crippen LogP contribution in [0.2, 0.25) is 0 Å². The molecule has 128 valence electrons. The Bertz CT molecular complexity index is 796. The summed E-state index contributed by atoms with van der Waals surface area (Å²) in [6, 6.07) is 17.7. The van der Waals surface area contributed by atoms with Crippen LogP contribution in [0, 0.1) is 6.92 Å². The molecule has 24 heavy (non-hydrogen) atoms. The van der Waals surface area contributed by atoms with Gasteiger partial charge in [-0.25, -0.2) is 8.42 Å². The third-order valence-corrected chi connectivity index (χ3v) is 6.48. The highest BCUT2D eigenvalue weighted by Gasteiger charge is 2.49. The summed E-state index contributed by atoms with van der Waals surface area (Å²) in [5, 5.41) is 0. The molecule has 0 N–H and O–H groups in total. The van der Waals surface area contributed by atoms with E-state index in [-0.39, 0.29) is 11.2 Å². The standard InChI is InChI=1S/C19H23NO3S/c1-16-8-6-7-9-17(16)12-24(21,22)20-13-19(14-20,15-23-2)18-10-4-3-5-11-18/h3-11H,12-15H2,1-2H3. The average Bonchev–Trinajstić information content (AvgIpc) is 2.53. The molecule has 0 unspecified atom stereocenters. The van der Waals surface area contributed by atoms with E-state index in [0.29, 0.717) is 19.7 Å². The molecule has 0 bridgehead atoms. The van der Waals surface area contributed by atoms with Crippen LogP contribution < -0.4 is 0 Å². The fourth-order valence-electron chi connectivity index (χ4n) is 3.31. The van der Waals surface area contributed by atoms with E-state index >= 15 is 0 Å². The van der Waals surface area contributed by atoms with E-state index in [1.165, 1.54) is 0 Å². The lowest BCUT2D eigenvalue weighted by molar-refractivity contribution is 0.0492. The summed E-state index contributed by atoms with van der Waals surface area (Å²) in [5.41, 5.74) is 2.76. The Morgan fingerprint density at radius 3 is 2.29 bits per heavy atom. The van der Waals surface area contributed by atoms with Gasteiger partial charge in [0, 0.05) is 25.6 Å². The van der Waals surface area contributed by atoms with Crippen molar-refractivity contribution in [1.82, 2.24) is 4.31 Å². The molecule has 0 aromatic heterocycles. The maximum Gasteiger partial charge on any atom is 0.218 e. The molecule has 0 amide bonds. The molecule has 2 aromatic rings. The fourth-order valence-corrected chi connectivity index (χ4v) is 5.10. The first-order valence-corrected chi connectivity index (χ1v) is 9.65. The highest BCUT2D eigenvalue weighted by Crippen LogP contribution is 2.37. The SMILES string of the molecule is COCC1(c2ccccc2)CN(S(=O)(=O)Cc2ccccc2C)C1. The summed E-state index contributed by atoms with van der Waals surface area (Å²) < 4.78 is 32.4. The van der Waals surface area contributed by atoms with Gasteiger partial charge in [0.15, 0.2) is 0 Å². The van der Waals surface area contributed by atoms with Crippen molar-refractivity contribution in [3.8, 4) is 0 Å². The van der Waals surface area contributed by atoms with Crippen molar-refractivity contribution in [2.45, 2.75) is 18.1 Å².